The van der Waals surface area contributed by atoms with Crippen molar-refractivity contribution in [3.05, 3.63) is 0 Å². The van der Waals surface area contributed by atoms with E-state index in [0.717, 1.165) is 60.5 Å². The van der Waals surface area contributed by atoms with E-state index in [4.69, 9.17) is 0 Å². The molecule has 0 aromatic heterocycles. The van der Waals surface area contributed by atoms with Crippen molar-refractivity contribution in [3.63, 3.8) is 0 Å². The van der Waals surface area contributed by atoms with Crippen molar-refractivity contribution in [3.8, 4) is 0 Å². The summed E-state index contributed by atoms with van der Waals surface area (Å²) in [4.78, 5) is 46.0. The van der Waals surface area contributed by atoms with Crippen molar-refractivity contribution in [1.82, 2.24) is 0 Å². The molecule has 2 unspecified atom stereocenters. The van der Waals surface area contributed by atoms with Gasteiger partial charge in [-0.2, -0.15) is 0 Å². The van der Waals surface area contributed by atoms with Crippen LogP contribution in [0.15, 0.2) is 0 Å². The Morgan fingerprint density at radius 2 is 0.757 bits per heavy atom. The second-order valence-electron chi connectivity index (χ2n) is 10.8. The van der Waals surface area contributed by atoms with Gasteiger partial charge in [-0.1, -0.05) is 93.9 Å². The average molecular weight is 791 g/mol. The number of unbranched alkanes of at least 4 members (excludes halogenated alkanes) is 4. The number of rotatable bonds is 16. The Hall–Kier alpha value is 3.97. The summed E-state index contributed by atoms with van der Waals surface area (Å²) >= 11 is 9.31. The van der Waals surface area contributed by atoms with Gasteiger partial charge in [-0.15, -0.1) is 0 Å². The molecule has 0 saturated carbocycles. The molecule has 0 aromatic rings. The molecule has 0 bridgehead atoms. The monoisotopic (exact) mass is 786 g/mol. The predicted octanol–water partition coefficient (Wildman–Crippen LogP) is 4.84. The summed E-state index contributed by atoms with van der Waals surface area (Å²) in [7, 11) is -1.14. The Bertz CT molecular complexity index is 571. The summed E-state index contributed by atoms with van der Waals surface area (Å²) in [6, 6.07) is 0. The summed E-state index contributed by atoms with van der Waals surface area (Å²) in [5.74, 6) is 5.37. The summed E-state index contributed by atoms with van der Waals surface area (Å²) in [6.45, 7) is 17.1. The first-order valence-corrected chi connectivity index (χ1v) is 22.5. The van der Waals surface area contributed by atoms with Gasteiger partial charge in [0.15, 0.2) is 0 Å². The maximum absolute atomic E-state index is 11.5. The van der Waals surface area contributed by atoms with Gasteiger partial charge in [0.05, 0.1) is 0 Å². The fraction of sp³-hybridized carbons (Fsp3) is 1.00. The van der Waals surface area contributed by atoms with Crippen LogP contribution >= 0.6 is 11.4 Å². The molecule has 212 valence electrons. The zero-order valence-electron chi connectivity index (χ0n) is 25.1. The van der Waals surface area contributed by atoms with Gasteiger partial charge in [-0.25, -0.2) is 20.1 Å². The van der Waals surface area contributed by atoms with Crippen molar-refractivity contribution in [2.45, 2.75) is 107 Å². The Balaban J connectivity index is -0.000000171. The van der Waals surface area contributed by atoms with E-state index >= 15 is 0 Å². The Morgan fingerprint density at radius 1 is 0.486 bits per heavy atom. The van der Waals surface area contributed by atoms with E-state index in [1.165, 1.54) is 25.7 Å². The summed E-state index contributed by atoms with van der Waals surface area (Å²) in [5, 5.41) is 0. The maximum Gasteiger partial charge on any atom is 2.00 e. The van der Waals surface area contributed by atoms with E-state index in [0.29, 0.717) is 11.8 Å². The molecule has 0 aromatic carbocycles. The van der Waals surface area contributed by atoms with Crippen LogP contribution < -0.4 is 19.6 Å². The first-order chi connectivity index (χ1) is 15.5. The standard InChI is InChI=1S/2C12H26O2PS2.3Zn/c2*1-11(2)8-6-5-7-9-17(10-12(3)4)15(13,14)16;;;/h2*11-12H,5-10H2,1-4H3;;;/q2*-3;3*+2. The van der Waals surface area contributed by atoms with Crippen LogP contribution in [-0.2, 0) is 103 Å². The van der Waals surface area contributed by atoms with Gasteiger partial charge in [-0.3, -0.25) is 0 Å². The largest absolute Gasteiger partial charge is 2.00 e. The van der Waals surface area contributed by atoms with Gasteiger partial charge in [0.2, 0.25) is 0 Å². The van der Waals surface area contributed by atoms with Crippen LogP contribution in [0.1, 0.15) is 107 Å². The quantitative estimate of drug-likeness (QED) is 0.0964. The molecule has 4 nitrogen and oxygen atoms in total. The van der Waals surface area contributed by atoms with E-state index < -0.39 is 31.5 Å². The molecule has 0 spiro atoms. The molecule has 13 heteroatoms. The molecule has 37 heavy (non-hydrogen) atoms. The smallest absolute Gasteiger partial charge is 0.854 e. The van der Waals surface area contributed by atoms with Gasteiger partial charge in [0.1, 0.15) is 0 Å². The third-order valence-electron chi connectivity index (χ3n) is 5.01. The molecule has 0 rings (SSSR count). The SMILES string of the molecule is CC(C)CCCCCS(CC(C)C)=P([O-])([O-])[S-].CC(C)CCCCCS(CC(C)C)=P([O-])([O-])[S-].[Zn+2].[Zn+2].[Zn+2]. The normalized spacial score (nSPS) is 13.5. The first-order valence-electron chi connectivity index (χ1n) is 12.9. The van der Waals surface area contributed by atoms with Gasteiger partial charge in [-0.05, 0) is 59.5 Å². The van der Waals surface area contributed by atoms with Crippen LogP contribution in [0.25, 0.3) is 0 Å². The average Bonchev–Trinajstić information content (AvgIpc) is 2.63. The molecule has 0 N–H and O–H groups in total. The van der Waals surface area contributed by atoms with Crippen molar-refractivity contribution in [2.75, 3.05) is 23.0 Å². The molecule has 0 aliphatic carbocycles. The van der Waals surface area contributed by atoms with Crippen molar-refractivity contribution in [2.24, 2.45) is 23.7 Å². The molecule has 0 saturated heterocycles. The van der Waals surface area contributed by atoms with Crippen LogP contribution in [0.3, 0.4) is 0 Å². The van der Waals surface area contributed by atoms with Crippen molar-refractivity contribution < 1.29 is 78.0 Å². The maximum atomic E-state index is 11.5. The van der Waals surface area contributed by atoms with Gasteiger partial charge in [0, 0.05) is 0 Å². The van der Waals surface area contributed by atoms with Crippen molar-refractivity contribution in [1.29, 1.82) is 0 Å². The third-order valence-corrected chi connectivity index (χ3v) is 19.5. The molecule has 2 atom stereocenters. The Kier molecular flexibility index (Phi) is 39.3. The molecule has 0 aliphatic heterocycles. The minimum atomic E-state index is -3.54. The van der Waals surface area contributed by atoms with Crippen LogP contribution in [0.2, 0.25) is 0 Å². The van der Waals surface area contributed by atoms with E-state index in [1.54, 1.807) is 0 Å². The second-order valence-corrected chi connectivity index (χ2v) is 26.2. The van der Waals surface area contributed by atoms with Gasteiger partial charge in [0.25, 0.3) is 0 Å². The van der Waals surface area contributed by atoms with Gasteiger partial charge < -0.3 is 55.5 Å². The molecule has 0 aliphatic rings. The number of hydrogen-bond donors (Lipinski definition) is 0. The molecular weight excluding hydrogens is 739 g/mol. The topological polar surface area (TPSA) is 92.2 Å². The van der Waals surface area contributed by atoms with E-state index in [2.05, 4.69) is 79.9 Å². The minimum absolute atomic E-state index is 0. The summed E-state index contributed by atoms with van der Waals surface area (Å²) < 4.78 is 0. The number of hydrogen-bond acceptors (Lipinski definition) is 6. The Morgan fingerprint density at radius 3 is 0.946 bits per heavy atom. The van der Waals surface area contributed by atoms with E-state index in [-0.39, 0.29) is 58.4 Å². The molecule has 0 heterocycles. The Labute approximate surface area is 284 Å². The van der Waals surface area contributed by atoms with Crippen LogP contribution in [0, 0.1) is 23.7 Å². The fourth-order valence-corrected chi connectivity index (χ4v) is 14.5. The molecular formula is C24H52O4P2S4Zn3. The zero-order valence-corrected chi connectivity index (χ0v) is 39.0. The van der Waals surface area contributed by atoms with Crippen LogP contribution in [0.5, 0.6) is 0 Å². The fourth-order valence-electron chi connectivity index (χ4n) is 3.34. The molecule has 0 fully saturated rings. The van der Waals surface area contributed by atoms with Crippen LogP contribution in [-0.4, -0.2) is 23.0 Å². The van der Waals surface area contributed by atoms with E-state index in [9.17, 15) is 19.6 Å². The zero-order chi connectivity index (χ0) is 26.9. The van der Waals surface area contributed by atoms with Crippen LogP contribution in [0.4, 0.5) is 0 Å². The molecule has 0 radical (unpaired) electrons. The van der Waals surface area contributed by atoms with Crippen molar-refractivity contribution >= 4 is 56.0 Å². The summed E-state index contributed by atoms with van der Waals surface area (Å²) in [5.41, 5.74) is -7.07. The predicted molar refractivity (Wildman–Crippen MR) is 159 cm³/mol. The van der Waals surface area contributed by atoms with E-state index in [1.807, 2.05) is 0 Å². The molecule has 0 amide bonds. The summed E-state index contributed by atoms with van der Waals surface area (Å²) in [6.07, 6.45) is 9.16. The third kappa shape index (κ3) is 36.1. The minimum Gasteiger partial charge on any atom is -0.854 e. The van der Waals surface area contributed by atoms with Gasteiger partial charge >= 0.3 is 58.4 Å². The first kappa shape index (κ1) is 50.6. The second kappa shape index (κ2) is 28.7.